The molecule has 0 aromatic carbocycles. The van der Waals surface area contributed by atoms with Crippen molar-refractivity contribution in [3.8, 4) is 0 Å². The Hall–Kier alpha value is -1.73. The van der Waals surface area contributed by atoms with Crippen molar-refractivity contribution in [2.75, 3.05) is 46.2 Å². The summed E-state index contributed by atoms with van der Waals surface area (Å²) in [6.07, 6.45) is -59.7. The van der Waals surface area contributed by atoms with Crippen LogP contribution in [0, 0.1) is 0 Å². The van der Waals surface area contributed by atoms with Gasteiger partial charge in [-0.25, -0.2) is 0 Å². The molecule has 0 aromatic heterocycles. The Balaban J connectivity index is 1.22. The molecule has 73 heavy (non-hydrogen) atoms. The van der Waals surface area contributed by atoms with Crippen LogP contribution in [0.15, 0.2) is 0 Å². The normalized spacial score (nSPS) is 51.1. The van der Waals surface area contributed by atoms with E-state index < -0.39 is 230 Å². The Morgan fingerprint density at radius 3 is 0.781 bits per heavy atom. The van der Waals surface area contributed by atoms with Crippen LogP contribution in [-0.2, 0) is 66.4 Å². The number of esters is 1. The Morgan fingerprint density at radius 2 is 0.534 bits per heavy atom. The molecule has 22 saturated heterocycles. The third-order valence-electron chi connectivity index (χ3n) is 13.7. The number of rotatable bonds is 11. The van der Waals surface area contributed by atoms with Gasteiger partial charge < -0.3 is 153 Å². The van der Waals surface area contributed by atoms with E-state index in [0.29, 0.717) is 0 Å². The third-order valence-corrected chi connectivity index (χ3v) is 13.7. The van der Waals surface area contributed by atoms with Gasteiger partial charge in [0.2, 0.25) is 0 Å². The number of ether oxygens (including phenoxy) is 13. The molecule has 22 heterocycles. The standard InChI is InChI=1S/C41H68O32/c42-4-2-1-3-17(49)67-35-28(60)41-66-16(10-48)34(35)73-40-27(59)22(54)32(14(8-46)65-40)71-38-25(57)20(52)30(12(6-44)63-38)69-36-23(55)18(50)29(11(5-43)61-36)68-37-24(56)19(51)31(13(7-45)62-37)70-39-26(58)21(53)33(72-41)15(9-47)64-39/h11-16,18-48,50-60H,1-10H2/t11-,12-,13-,14-,15-,16-,18-,19-,20-,21-,22-,23-,24-,25-,26-,27-,28-,29-,30-,31-,32-,33-,34+,35-,36-,37-,38-,39-,40-,41-/m1/s1. The summed E-state index contributed by atoms with van der Waals surface area (Å²) >= 11 is 0. The molecule has 32 heteroatoms. The molecule has 0 radical (unpaired) electrons. The first kappa shape index (κ1) is 58.9. The van der Waals surface area contributed by atoms with Gasteiger partial charge in [0.05, 0.1) is 39.6 Å². The maximum atomic E-state index is 13.2. The second-order valence-corrected chi connectivity index (χ2v) is 18.5. The zero-order valence-electron chi connectivity index (χ0n) is 38.7. The lowest BCUT2D eigenvalue weighted by Crippen LogP contribution is -2.69. The predicted octanol–water partition coefficient (Wildman–Crippen LogP) is -12.3. The summed E-state index contributed by atoms with van der Waals surface area (Å²) in [5, 5.41) is 197. The van der Waals surface area contributed by atoms with Gasteiger partial charge in [-0.2, -0.15) is 0 Å². The van der Waals surface area contributed by atoms with Crippen molar-refractivity contribution in [3.63, 3.8) is 0 Å². The summed E-state index contributed by atoms with van der Waals surface area (Å²) in [5.41, 5.74) is 0. The summed E-state index contributed by atoms with van der Waals surface area (Å²) in [6, 6.07) is 0. The van der Waals surface area contributed by atoms with Gasteiger partial charge in [0.25, 0.3) is 0 Å². The molecule has 0 aliphatic carbocycles. The number of hydrogen-bond acceptors (Lipinski definition) is 32. The molecule has 0 unspecified atom stereocenters. The summed E-state index contributed by atoms with van der Waals surface area (Å²) in [7, 11) is 0. The van der Waals surface area contributed by atoms with Gasteiger partial charge in [0.15, 0.2) is 43.8 Å². The molecule has 22 fully saturated rings. The minimum Gasteiger partial charge on any atom is -0.456 e. The lowest BCUT2D eigenvalue weighted by molar-refractivity contribution is -0.404. The zero-order valence-corrected chi connectivity index (χ0v) is 38.7. The van der Waals surface area contributed by atoms with Gasteiger partial charge in [0, 0.05) is 13.0 Å². The van der Waals surface area contributed by atoms with Crippen LogP contribution in [0.3, 0.4) is 0 Å². The van der Waals surface area contributed by atoms with Gasteiger partial charge in [-0.3, -0.25) is 4.79 Å². The predicted molar refractivity (Wildman–Crippen MR) is 221 cm³/mol. The van der Waals surface area contributed by atoms with Crippen LogP contribution in [0.4, 0.5) is 0 Å². The van der Waals surface area contributed by atoms with E-state index in [4.69, 9.17) is 61.6 Å². The summed E-state index contributed by atoms with van der Waals surface area (Å²) in [4.78, 5) is 13.2. The minimum atomic E-state index is -2.21. The number of unbranched alkanes of at least 4 members (excludes halogenated alkanes) is 1. The Morgan fingerprint density at radius 1 is 0.301 bits per heavy atom. The first-order valence-corrected chi connectivity index (χ1v) is 23.7. The van der Waals surface area contributed by atoms with Gasteiger partial charge in [-0.15, -0.1) is 0 Å². The highest BCUT2D eigenvalue weighted by Crippen LogP contribution is 2.38. The monoisotopic (exact) mass is 1070 g/mol. The SMILES string of the molecule is O=C(CCCCO)O[C@@H]1[C@@H](O)[C@H]2O[C@H]3[C@H](O)[C@@H](O)[C@@H](O[C@H]4[C@H](O)[C@@H](O)[C@@H](O[C@H]5[C@H](O)[C@@H](O)[C@@H](O[C@H]6[C@H](O)[C@@H](O)[C@@H](O[C@H]7[C@H](O)[C@@H](O)[C@@H](O[C@H]1[C@@H](CO)O2)O[C@@H]7CO)O[C@@H]6CO)O[C@@H]5CO)O[C@@H]4CO)O[C@@H]3CO. The molecule has 12 bridgehead atoms. The lowest BCUT2D eigenvalue weighted by atomic mass is 9.94. The average Bonchev–Trinajstić information content (AvgIpc) is 3.38. The molecule has 0 spiro atoms. The summed E-state index contributed by atoms with van der Waals surface area (Å²) in [6.45, 7) is -6.49. The molecular weight excluding hydrogens is 1000 g/mol. The molecule has 30 atom stereocenters. The maximum absolute atomic E-state index is 13.2. The van der Waals surface area contributed by atoms with E-state index in [1.54, 1.807) is 0 Å². The van der Waals surface area contributed by atoms with Gasteiger partial charge >= 0.3 is 5.97 Å². The van der Waals surface area contributed by atoms with Crippen molar-refractivity contribution in [1.82, 2.24) is 0 Å². The van der Waals surface area contributed by atoms with Crippen molar-refractivity contribution in [2.24, 2.45) is 0 Å². The van der Waals surface area contributed by atoms with E-state index in [0.717, 1.165) is 0 Å². The third kappa shape index (κ3) is 12.3. The fourth-order valence-corrected chi connectivity index (χ4v) is 9.64. The van der Waals surface area contributed by atoms with E-state index in [1.807, 2.05) is 0 Å². The van der Waals surface area contributed by atoms with Gasteiger partial charge in [-0.1, -0.05) is 0 Å². The molecule has 22 aliphatic rings. The van der Waals surface area contributed by atoms with E-state index in [1.165, 1.54) is 0 Å². The fraction of sp³-hybridized carbons (Fsp3) is 0.976. The quantitative estimate of drug-likeness (QED) is 0.0675. The number of carbonyl (C=O) groups is 1. The smallest absolute Gasteiger partial charge is 0.306 e. The highest BCUT2D eigenvalue weighted by molar-refractivity contribution is 5.69. The van der Waals surface area contributed by atoms with Crippen molar-refractivity contribution in [1.29, 1.82) is 0 Å². The van der Waals surface area contributed by atoms with Crippen molar-refractivity contribution < 1.29 is 158 Å². The topological polar surface area (TPSA) is 501 Å². The highest BCUT2D eigenvalue weighted by atomic mass is 16.8. The molecule has 22 aliphatic heterocycles. The minimum absolute atomic E-state index is 0.0813. The number of aliphatic hydroxyl groups is 18. The second-order valence-electron chi connectivity index (χ2n) is 18.5. The van der Waals surface area contributed by atoms with Crippen molar-refractivity contribution in [3.05, 3.63) is 0 Å². The maximum Gasteiger partial charge on any atom is 0.306 e. The molecule has 32 nitrogen and oxygen atoms in total. The summed E-state index contributed by atoms with van der Waals surface area (Å²) in [5.74, 6) is -1.01. The fourth-order valence-electron chi connectivity index (χ4n) is 9.64. The van der Waals surface area contributed by atoms with Gasteiger partial charge in [0.1, 0.15) is 140 Å². The van der Waals surface area contributed by atoms with Gasteiger partial charge in [-0.05, 0) is 12.8 Å². The van der Waals surface area contributed by atoms with Crippen LogP contribution in [0.5, 0.6) is 0 Å². The first-order chi connectivity index (χ1) is 34.9. The second kappa shape index (κ2) is 25.8. The van der Waals surface area contributed by atoms with E-state index in [2.05, 4.69) is 0 Å². The van der Waals surface area contributed by atoms with Crippen LogP contribution >= 0.6 is 0 Å². The van der Waals surface area contributed by atoms with Crippen molar-refractivity contribution >= 4 is 5.97 Å². The molecule has 0 amide bonds. The van der Waals surface area contributed by atoms with Crippen LogP contribution in [-0.4, -0.2) is 328 Å². The van der Waals surface area contributed by atoms with Crippen molar-refractivity contribution in [2.45, 2.75) is 203 Å². The first-order valence-electron chi connectivity index (χ1n) is 23.7. The van der Waals surface area contributed by atoms with Crippen LogP contribution in [0.1, 0.15) is 19.3 Å². The zero-order chi connectivity index (χ0) is 53.2. The molecule has 424 valence electrons. The molecule has 0 aromatic rings. The molecule has 22 rings (SSSR count). The number of hydrogen-bond donors (Lipinski definition) is 18. The van der Waals surface area contributed by atoms with Crippen LogP contribution in [0.2, 0.25) is 0 Å². The lowest BCUT2D eigenvalue weighted by Gasteiger charge is -2.51. The number of carbonyl (C=O) groups excluding carboxylic acids is 1. The Labute approximate surface area is 413 Å². The number of aliphatic hydroxyl groups excluding tert-OH is 18. The highest BCUT2D eigenvalue weighted by Gasteiger charge is 2.59. The molecular formula is C41H68O32. The molecule has 0 saturated carbocycles. The summed E-state index contributed by atoms with van der Waals surface area (Å²) < 4.78 is 74.5. The van der Waals surface area contributed by atoms with Crippen LogP contribution < -0.4 is 0 Å². The largest absolute Gasteiger partial charge is 0.456 e. The Bertz CT molecular complexity index is 1700. The van der Waals surface area contributed by atoms with E-state index in [9.17, 15) is 96.7 Å². The molecule has 18 N–H and O–H groups in total. The van der Waals surface area contributed by atoms with Crippen LogP contribution in [0.25, 0.3) is 0 Å². The van der Waals surface area contributed by atoms with E-state index in [-0.39, 0.29) is 25.9 Å². The Kier molecular flexibility index (Phi) is 20.8. The average molecular weight is 1070 g/mol. The van der Waals surface area contributed by atoms with E-state index >= 15 is 0 Å².